The Labute approximate surface area is 730 Å². The van der Waals surface area contributed by atoms with E-state index in [1.54, 1.807) is 18.7 Å². The number of rotatable bonds is 7. The van der Waals surface area contributed by atoms with Gasteiger partial charge in [0.15, 0.2) is 0 Å². The Bertz CT molecular complexity index is 2820. The van der Waals surface area contributed by atoms with Crippen LogP contribution in [0.4, 0.5) is 0 Å². The molecule has 0 aromatic heterocycles. The van der Waals surface area contributed by atoms with E-state index in [9.17, 15) is 38.4 Å². The second kappa shape index (κ2) is 56.3. The quantitative estimate of drug-likeness (QED) is 0.273. The summed E-state index contributed by atoms with van der Waals surface area (Å²) in [4.78, 5) is 110. The van der Waals surface area contributed by atoms with Crippen molar-refractivity contribution in [3.63, 3.8) is 0 Å². The fraction of sp³-hybridized carbons (Fsp3) is 0.860. The first kappa shape index (κ1) is 120. The van der Waals surface area contributed by atoms with Crippen molar-refractivity contribution in [1.82, 2.24) is 49.4 Å². The van der Waals surface area contributed by atoms with Crippen LogP contribution in [0.5, 0.6) is 0 Å². The first-order valence-electron chi connectivity index (χ1n) is 45.9. The number of amides is 5. The molecule has 694 valence electrons. The normalized spacial score (nSPS) is 17.2. The van der Waals surface area contributed by atoms with Gasteiger partial charge in [-0.1, -0.05) is 251 Å². The zero-order valence-corrected chi connectivity index (χ0v) is 85.6. The third kappa shape index (κ3) is 61.6. The fourth-order valence-corrected chi connectivity index (χ4v) is 11.9. The summed E-state index contributed by atoms with van der Waals surface area (Å²) in [6.45, 7) is 97.4. The lowest BCUT2D eigenvalue weighted by Gasteiger charge is -2.41. The number of nitrogens with zero attached hydrogens (tertiary/aromatic N) is 9. The number of likely N-dealkylation sites (N-methyl/N-ethyl adjacent to an activating group) is 2. The van der Waals surface area contributed by atoms with Crippen LogP contribution < -0.4 is 5.32 Å². The summed E-state index contributed by atoms with van der Waals surface area (Å²) in [5.41, 5.74) is 0.856. The van der Waals surface area contributed by atoms with Gasteiger partial charge in [0.2, 0.25) is 29.5 Å². The topological polar surface area (TPSA) is 178 Å². The van der Waals surface area contributed by atoms with E-state index in [2.05, 4.69) is 120 Å². The number of benzene rings is 1. The first-order valence-corrected chi connectivity index (χ1v) is 45.9. The summed E-state index contributed by atoms with van der Waals surface area (Å²) in [6.07, 6.45) is 17.8. The molecule has 5 amide bonds. The molecule has 18 nitrogen and oxygen atoms in total. The van der Waals surface area contributed by atoms with E-state index in [1.165, 1.54) is 142 Å². The number of piperidine rings is 4. The van der Waals surface area contributed by atoms with Gasteiger partial charge in [0.05, 0.1) is 0 Å². The van der Waals surface area contributed by atoms with Crippen LogP contribution in [-0.4, -0.2) is 241 Å². The van der Waals surface area contributed by atoms with Crippen molar-refractivity contribution in [2.24, 2.45) is 54.7 Å². The second-order valence-electron chi connectivity index (χ2n) is 45.8. The summed E-state index contributed by atoms with van der Waals surface area (Å²) in [5, 5.41) is 2.88. The van der Waals surface area contributed by atoms with Gasteiger partial charge in [-0.3, -0.25) is 48.2 Å². The first-order chi connectivity index (χ1) is 53.2. The molecular formula is C100H196N10O8. The number of nitrogens with one attached hydrogen (secondary N) is 1. The number of piperazine rings is 2. The smallest absolute Gasteiger partial charge is 0.228 e. The average Bonchev–Trinajstić information content (AvgIpc) is 0.862. The summed E-state index contributed by atoms with van der Waals surface area (Å²) in [7, 11) is 6.14. The van der Waals surface area contributed by atoms with E-state index >= 15 is 0 Å². The molecule has 1 N–H and O–H groups in total. The Morgan fingerprint density at radius 3 is 0.915 bits per heavy atom. The molecule has 118 heavy (non-hydrogen) atoms. The maximum absolute atomic E-state index is 11.9. The zero-order chi connectivity index (χ0) is 93.0. The van der Waals surface area contributed by atoms with Gasteiger partial charge in [-0.25, -0.2) is 0 Å². The van der Waals surface area contributed by atoms with Gasteiger partial charge >= 0.3 is 0 Å². The van der Waals surface area contributed by atoms with E-state index in [-0.39, 0.29) is 72.6 Å². The second-order valence-corrected chi connectivity index (χ2v) is 45.8. The lowest BCUT2D eigenvalue weighted by atomic mass is 9.90. The highest BCUT2D eigenvalue weighted by Crippen LogP contribution is 2.26. The number of ketones is 3. The Hall–Kier alpha value is -4.62. The highest BCUT2D eigenvalue weighted by Gasteiger charge is 2.33. The minimum absolute atomic E-state index is 0.130. The molecule has 0 spiro atoms. The number of carbonyl (C=O) groups excluding carboxylic acids is 8. The maximum atomic E-state index is 11.9. The van der Waals surface area contributed by atoms with Gasteiger partial charge in [-0.15, -0.1) is 0 Å². The van der Waals surface area contributed by atoms with E-state index in [0.717, 1.165) is 64.5 Å². The van der Waals surface area contributed by atoms with Crippen molar-refractivity contribution in [2.45, 2.75) is 371 Å². The number of hydrogen-bond acceptors (Lipinski definition) is 13. The molecule has 0 atom stereocenters. The minimum atomic E-state index is -0.302. The van der Waals surface area contributed by atoms with Crippen molar-refractivity contribution >= 4 is 46.9 Å². The molecule has 0 aliphatic carbocycles. The SMILES string of the molecule is CC(=O)C(C)(C)C.CC(=O)C(C)(C)C.CC(C)(C)C(=O)N1CCCCC1.CC(C)(C)C(=O)N1CCCCC1.CC(C)(C)CCN1CCCCC1.CC(C)(C)N1CCCCC1.CC(C)CNC(=O)C(C)(C)C.CCC(=O)C(C)(C)C.CN(Cc1ccccc1)C(=O)C(C)(C)C.CN1CCN(C(=O)C(C)(C)C)CC1.CN1CCN(C(C)(C)C)CC1. The Balaban J connectivity index is -0.000000610. The highest BCUT2D eigenvalue weighted by molar-refractivity contribution is 5.84. The van der Waals surface area contributed by atoms with E-state index in [1.807, 2.05) is 225 Å². The monoisotopic (exact) mass is 1670 g/mol. The van der Waals surface area contributed by atoms with E-state index < -0.39 is 0 Å². The van der Waals surface area contributed by atoms with Crippen LogP contribution in [0.1, 0.15) is 359 Å². The molecule has 6 saturated heterocycles. The standard InChI is InChI=1S/C13H19NO.C11H23N.C10H20N2O.2C10H19NO.C9H20N2.C9H19NO.C9H19N.C7H14O.2C6H12O/c1-13(2,3)12(15)14(4)10-11-8-6-5-7-9-11;1-11(2,3)7-10-12-8-5-4-6-9-12;1-10(2,3)9(13)12-7-5-11(4)6-8-12;2*1-10(2,3)9(12)11-7-5-4-6-8-11;1-9(2,3)11-7-5-10(4)6-8-11;1-7(2)6-10-8(11)9(3,4)5;1-9(2,3)10-7-5-4-6-8-10;1-5-6(8)7(2,3)4;2*1-5(7)6(2,3)4/h5-9H,10H2,1-4H3;4-10H2,1-3H3;5-8H2,1-4H3;2*4-8H2,1-3H3;5-8H2,1-4H3;7H,6H2,1-5H3,(H,10,11);4-8H2,1-3H3;5H2,1-4H3;2*1-4H3. The molecule has 1 aromatic rings. The molecule has 0 saturated carbocycles. The zero-order valence-electron chi connectivity index (χ0n) is 85.6. The van der Waals surface area contributed by atoms with Gasteiger partial charge in [-0.2, -0.15) is 0 Å². The molecule has 1 aromatic carbocycles. The molecule has 6 aliphatic rings. The lowest BCUT2D eigenvalue weighted by Crippen LogP contribution is -2.52. The van der Waals surface area contributed by atoms with Gasteiger partial charge in [0.1, 0.15) is 17.3 Å². The van der Waals surface area contributed by atoms with Crippen molar-refractivity contribution in [1.29, 1.82) is 0 Å². The summed E-state index contributed by atoms with van der Waals surface area (Å²) < 4.78 is 0. The number of hydrogen-bond donors (Lipinski definition) is 1. The predicted octanol–water partition coefficient (Wildman–Crippen LogP) is 20.9. The Morgan fingerprint density at radius 1 is 0.373 bits per heavy atom. The Morgan fingerprint density at radius 2 is 0.669 bits per heavy atom. The van der Waals surface area contributed by atoms with Crippen molar-refractivity contribution in [3.8, 4) is 0 Å². The highest BCUT2D eigenvalue weighted by atomic mass is 16.2. The third-order valence-corrected chi connectivity index (χ3v) is 21.3. The van der Waals surface area contributed by atoms with Crippen LogP contribution >= 0.6 is 0 Å². The Kier molecular flexibility index (Phi) is 57.1. The average molecular weight is 1670 g/mol. The van der Waals surface area contributed by atoms with Crippen molar-refractivity contribution in [2.75, 3.05) is 139 Å². The van der Waals surface area contributed by atoms with Gasteiger partial charge in [0.25, 0.3) is 0 Å². The maximum Gasteiger partial charge on any atom is 0.228 e. The molecule has 6 aliphatic heterocycles. The molecule has 0 radical (unpaired) electrons. The van der Waals surface area contributed by atoms with Crippen LogP contribution in [0.15, 0.2) is 30.3 Å². The summed E-state index contributed by atoms with van der Waals surface area (Å²) in [6, 6.07) is 10.0. The number of likely N-dealkylation sites (tertiary alicyclic amines) is 4. The minimum Gasteiger partial charge on any atom is -0.355 e. The van der Waals surface area contributed by atoms with Gasteiger partial charge in [0, 0.05) is 159 Å². The largest absolute Gasteiger partial charge is 0.355 e. The molecule has 7 rings (SSSR count). The van der Waals surface area contributed by atoms with E-state index in [4.69, 9.17) is 0 Å². The number of Topliss-reactive ketones (excluding diaryl/α,β-unsaturated/α-hetero) is 3. The number of carbonyl (C=O) groups is 8. The predicted molar refractivity (Wildman–Crippen MR) is 506 cm³/mol. The molecular weight excluding hydrogens is 1470 g/mol. The van der Waals surface area contributed by atoms with Crippen molar-refractivity contribution < 1.29 is 38.4 Å². The van der Waals surface area contributed by atoms with Crippen LogP contribution in [0, 0.1) is 54.7 Å². The van der Waals surface area contributed by atoms with Crippen LogP contribution in [0.3, 0.4) is 0 Å². The summed E-state index contributed by atoms with van der Waals surface area (Å²) >= 11 is 0. The van der Waals surface area contributed by atoms with Crippen LogP contribution in [-0.2, 0) is 44.9 Å². The van der Waals surface area contributed by atoms with Crippen molar-refractivity contribution in [3.05, 3.63) is 35.9 Å². The van der Waals surface area contributed by atoms with Gasteiger partial charge in [-0.05, 0) is 190 Å². The molecule has 6 heterocycles. The van der Waals surface area contributed by atoms with Crippen LogP contribution in [0.25, 0.3) is 0 Å². The third-order valence-electron chi connectivity index (χ3n) is 21.3. The molecule has 0 bridgehead atoms. The molecule has 18 heteroatoms. The summed E-state index contributed by atoms with van der Waals surface area (Å²) in [5.74, 6) is 2.54. The fourth-order valence-electron chi connectivity index (χ4n) is 11.9. The van der Waals surface area contributed by atoms with E-state index in [0.29, 0.717) is 53.0 Å². The van der Waals surface area contributed by atoms with Crippen LogP contribution in [0.2, 0.25) is 0 Å². The molecule has 0 unspecified atom stereocenters. The van der Waals surface area contributed by atoms with Gasteiger partial charge < -0.3 is 39.6 Å². The lowest BCUT2D eigenvalue weighted by molar-refractivity contribution is -0.141. The molecule has 6 fully saturated rings.